The summed E-state index contributed by atoms with van der Waals surface area (Å²) in [7, 11) is 2.17. The lowest BCUT2D eigenvalue weighted by atomic mass is 9.83. The second-order valence-electron chi connectivity index (χ2n) is 10.8. The van der Waals surface area contributed by atoms with Gasteiger partial charge in [0.15, 0.2) is 0 Å². The summed E-state index contributed by atoms with van der Waals surface area (Å²) in [6.07, 6.45) is 8.55. The predicted molar refractivity (Wildman–Crippen MR) is 143 cm³/mol. The van der Waals surface area contributed by atoms with Gasteiger partial charge < -0.3 is 20.1 Å². The van der Waals surface area contributed by atoms with Crippen LogP contribution in [0.25, 0.3) is 11.1 Å². The first-order valence-electron chi connectivity index (χ1n) is 13.4. The van der Waals surface area contributed by atoms with E-state index >= 15 is 0 Å². The fourth-order valence-electron chi connectivity index (χ4n) is 6.00. The molecular formula is C28H38ClN5O2. The number of carbonyl (C=O) groups is 2. The maximum Gasteiger partial charge on any atom is 0.268 e. The molecule has 2 fully saturated rings. The molecule has 0 bridgehead atoms. The highest BCUT2D eigenvalue weighted by molar-refractivity contribution is 6.30. The fourth-order valence-corrected chi connectivity index (χ4v) is 6.19. The highest BCUT2D eigenvalue weighted by Gasteiger charge is 2.31. The van der Waals surface area contributed by atoms with Gasteiger partial charge in [-0.05, 0) is 49.6 Å². The molecule has 1 saturated heterocycles. The van der Waals surface area contributed by atoms with Crippen molar-refractivity contribution in [2.75, 3.05) is 46.3 Å². The number of rotatable bonds is 7. The molecule has 2 atom stereocenters. The van der Waals surface area contributed by atoms with Crippen molar-refractivity contribution in [1.82, 2.24) is 25.0 Å². The molecule has 2 aliphatic heterocycles. The van der Waals surface area contributed by atoms with E-state index < -0.39 is 0 Å². The number of nitrogens with zero attached hydrogens (tertiary/aromatic N) is 3. The van der Waals surface area contributed by atoms with E-state index in [-0.39, 0.29) is 23.9 Å². The zero-order valence-electron chi connectivity index (χ0n) is 21.2. The molecule has 1 aromatic heterocycles. The Kier molecular flexibility index (Phi) is 7.99. The minimum absolute atomic E-state index is 0.0739. The van der Waals surface area contributed by atoms with Crippen LogP contribution in [0.2, 0.25) is 5.02 Å². The highest BCUT2D eigenvalue weighted by atomic mass is 35.5. The summed E-state index contributed by atoms with van der Waals surface area (Å²) in [5, 5.41) is 7.08. The van der Waals surface area contributed by atoms with Crippen LogP contribution in [0.3, 0.4) is 0 Å². The van der Waals surface area contributed by atoms with Crippen molar-refractivity contribution in [3.8, 4) is 11.1 Å². The molecule has 5 rings (SSSR count). The summed E-state index contributed by atoms with van der Waals surface area (Å²) in [4.78, 5) is 30.9. The highest BCUT2D eigenvalue weighted by Crippen LogP contribution is 2.30. The molecule has 36 heavy (non-hydrogen) atoms. The smallest absolute Gasteiger partial charge is 0.268 e. The number of halogens is 1. The topological polar surface area (TPSA) is 69.6 Å². The third-order valence-electron chi connectivity index (χ3n) is 8.17. The van der Waals surface area contributed by atoms with E-state index in [4.69, 9.17) is 11.6 Å². The van der Waals surface area contributed by atoms with E-state index in [1.54, 1.807) is 0 Å². The van der Waals surface area contributed by atoms with Gasteiger partial charge in [-0.3, -0.25) is 14.5 Å². The van der Waals surface area contributed by atoms with Crippen LogP contribution < -0.4 is 10.6 Å². The Bertz CT molecular complexity index is 1070. The van der Waals surface area contributed by atoms with Gasteiger partial charge in [-0.15, -0.1) is 0 Å². The molecule has 2 amide bonds. The summed E-state index contributed by atoms with van der Waals surface area (Å²) >= 11 is 6.19. The second-order valence-corrected chi connectivity index (χ2v) is 11.2. The van der Waals surface area contributed by atoms with Gasteiger partial charge in [0.2, 0.25) is 5.91 Å². The van der Waals surface area contributed by atoms with Gasteiger partial charge in [-0.1, -0.05) is 43.0 Å². The number of aromatic nitrogens is 1. The lowest BCUT2D eigenvalue weighted by Crippen LogP contribution is -2.53. The average molecular weight is 512 g/mol. The molecule has 1 saturated carbocycles. The summed E-state index contributed by atoms with van der Waals surface area (Å²) < 4.78 is 1.98. The maximum atomic E-state index is 13.4. The summed E-state index contributed by atoms with van der Waals surface area (Å²) in [6.45, 7) is 5.66. The Morgan fingerprint density at radius 2 is 1.89 bits per heavy atom. The number of hydrogen-bond acceptors (Lipinski definition) is 4. The molecule has 7 nitrogen and oxygen atoms in total. The van der Waals surface area contributed by atoms with Crippen LogP contribution in [0, 0.1) is 5.92 Å². The normalized spacial score (nSPS) is 22.6. The average Bonchev–Trinajstić information content (AvgIpc) is 3.34. The number of benzene rings is 1. The van der Waals surface area contributed by atoms with Crippen LogP contribution in [-0.4, -0.2) is 78.5 Å². The van der Waals surface area contributed by atoms with Crippen molar-refractivity contribution in [2.24, 2.45) is 5.92 Å². The van der Waals surface area contributed by atoms with Gasteiger partial charge in [-0.2, -0.15) is 0 Å². The molecule has 0 spiro atoms. The maximum absolute atomic E-state index is 13.4. The van der Waals surface area contributed by atoms with Gasteiger partial charge in [0, 0.05) is 68.5 Å². The van der Waals surface area contributed by atoms with E-state index in [1.807, 2.05) is 41.1 Å². The molecule has 2 aromatic rings. The summed E-state index contributed by atoms with van der Waals surface area (Å²) in [6, 6.07) is 9.60. The first kappa shape index (κ1) is 25.3. The number of carbonyl (C=O) groups excluding carboxylic acids is 2. The molecule has 3 aliphatic rings. The Balaban J connectivity index is 1.28. The van der Waals surface area contributed by atoms with Crippen LogP contribution in [-0.2, 0) is 4.79 Å². The Morgan fingerprint density at radius 1 is 1.11 bits per heavy atom. The number of nitrogens with one attached hydrogen (secondary N) is 2. The Hall–Kier alpha value is -2.35. The van der Waals surface area contributed by atoms with Crippen molar-refractivity contribution >= 4 is 23.4 Å². The Labute approximate surface area is 219 Å². The predicted octanol–water partition coefficient (Wildman–Crippen LogP) is 3.80. The number of piperazine rings is 1. The SMILES string of the molecule is CN1CCN(C[C@@H](NC(=O)C[C@@H]2CNC(=O)c3cc(-c4cccc(Cl)c4)cn32)C2CCCCC2)CC1. The first-order chi connectivity index (χ1) is 17.5. The fraction of sp³-hybridized carbons (Fsp3) is 0.571. The third kappa shape index (κ3) is 5.96. The van der Waals surface area contributed by atoms with Crippen molar-refractivity contribution < 1.29 is 9.59 Å². The zero-order chi connectivity index (χ0) is 25.1. The molecular weight excluding hydrogens is 474 g/mol. The number of fused-ring (bicyclic) bond motifs is 1. The second kappa shape index (κ2) is 11.4. The molecule has 0 radical (unpaired) electrons. The van der Waals surface area contributed by atoms with Gasteiger partial charge in [-0.25, -0.2) is 0 Å². The van der Waals surface area contributed by atoms with Crippen LogP contribution in [0.15, 0.2) is 36.5 Å². The minimum atomic E-state index is -0.110. The van der Waals surface area contributed by atoms with Crippen molar-refractivity contribution in [3.05, 3.63) is 47.2 Å². The molecule has 8 heteroatoms. The van der Waals surface area contributed by atoms with Gasteiger partial charge >= 0.3 is 0 Å². The standard InChI is InChI=1S/C28H38ClN5O2/c1-32-10-12-33(13-11-32)19-25(20-6-3-2-4-7-20)31-27(35)16-24-17-30-28(36)26-15-22(18-34(24)26)21-8-5-9-23(29)14-21/h5,8-9,14-15,18,20,24-25H,2-4,6-7,10-13,16-17,19H2,1H3,(H,30,36)(H,31,35)/t24-,25-/m1/s1. The molecule has 2 N–H and O–H groups in total. The van der Waals surface area contributed by atoms with E-state index in [9.17, 15) is 9.59 Å². The summed E-state index contributed by atoms with van der Waals surface area (Å²) in [5.74, 6) is 0.518. The van der Waals surface area contributed by atoms with Gasteiger partial charge in [0.1, 0.15) is 5.69 Å². The van der Waals surface area contributed by atoms with E-state index in [0.717, 1.165) is 43.9 Å². The number of amides is 2. The summed E-state index contributed by atoms with van der Waals surface area (Å²) in [5.41, 5.74) is 2.49. The van der Waals surface area contributed by atoms with Gasteiger partial charge in [0.05, 0.1) is 6.04 Å². The quantitative estimate of drug-likeness (QED) is 0.593. The zero-order valence-corrected chi connectivity index (χ0v) is 22.0. The van der Waals surface area contributed by atoms with Crippen molar-refractivity contribution in [1.29, 1.82) is 0 Å². The van der Waals surface area contributed by atoms with Crippen LogP contribution in [0.5, 0.6) is 0 Å². The van der Waals surface area contributed by atoms with E-state index in [2.05, 4.69) is 27.5 Å². The molecule has 3 heterocycles. The third-order valence-corrected chi connectivity index (χ3v) is 8.40. The van der Waals surface area contributed by atoms with E-state index in [1.165, 1.54) is 32.1 Å². The lowest BCUT2D eigenvalue weighted by Gasteiger charge is -2.38. The van der Waals surface area contributed by atoms with E-state index in [0.29, 0.717) is 29.6 Å². The molecule has 1 aliphatic carbocycles. The molecule has 194 valence electrons. The number of hydrogen-bond donors (Lipinski definition) is 2. The Morgan fingerprint density at radius 3 is 2.64 bits per heavy atom. The largest absolute Gasteiger partial charge is 0.352 e. The molecule has 0 unspecified atom stereocenters. The van der Waals surface area contributed by atoms with Crippen LogP contribution >= 0.6 is 11.6 Å². The van der Waals surface area contributed by atoms with Crippen molar-refractivity contribution in [3.63, 3.8) is 0 Å². The lowest BCUT2D eigenvalue weighted by molar-refractivity contribution is -0.123. The van der Waals surface area contributed by atoms with Crippen molar-refractivity contribution in [2.45, 2.75) is 50.6 Å². The first-order valence-corrected chi connectivity index (χ1v) is 13.8. The minimum Gasteiger partial charge on any atom is -0.352 e. The molecule has 1 aromatic carbocycles. The van der Waals surface area contributed by atoms with Crippen LogP contribution in [0.4, 0.5) is 0 Å². The monoisotopic (exact) mass is 511 g/mol. The van der Waals surface area contributed by atoms with Gasteiger partial charge in [0.25, 0.3) is 5.91 Å². The van der Waals surface area contributed by atoms with Crippen LogP contribution in [0.1, 0.15) is 55.1 Å². The number of likely N-dealkylation sites (N-methyl/N-ethyl adjacent to an activating group) is 1.